The quantitative estimate of drug-likeness (QED) is 0.781. The van der Waals surface area contributed by atoms with Crippen LogP contribution in [-0.4, -0.2) is 19.0 Å². The minimum Gasteiger partial charge on any atom is -0.493 e. The van der Waals surface area contributed by atoms with Crippen LogP contribution in [0.5, 0.6) is 11.5 Å². The third kappa shape index (κ3) is 3.42. The third-order valence-corrected chi connectivity index (χ3v) is 3.18. The van der Waals surface area contributed by atoms with Gasteiger partial charge in [-0.2, -0.15) is 5.26 Å². The van der Waals surface area contributed by atoms with Gasteiger partial charge in [-0.05, 0) is 18.1 Å². The minimum absolute atomic E-state index is 0.431. The SMILES string of the molecule is COc1cc(C#N)ccc1OCC(C)CBr. The molecule has 1 unspecified atom stereocenters. The fraction of sp³-hybridized carbons (Fsp3) is 0.417. The molecule has 0 saturated heterocycles. The minimum atomic E-state index is 0.431. The maximum absolute atomic E-state index is 8.75. The number of methoxy groups -OCH3 is 1. The molecule has 4 heteroatoms. The lowest BCUT2D eigenvalue weighted by atomic mass is 10.2. The van der Waals surface area contributed by atoms with Gasteiger partial charge >= 0.3 is 0 Å². The van der Waals surface area contributed by atoms with Crippen LogP contribution in [0.15, 0.2) is 18.2 Å². The van der Waals surface area contributed by atoms with Gasteiger partial charge in [0.05, 0.1) is 25.3 Å². The van der Waals surface area contributed by atoms with Gasteiger partial charge in [0.2, 0.25) is 0 Å². The van der Waals surface area contributed by atoms with Gasteiger partial charge < -0.3 is 9.47 Å². The molecule has 1 rings (SSSR count). The first-order chi connectivity index (χ1) is 7.71. The van der Waals surface area contributed by atoms with Crippen LogP contribution >= 0.6 is 15.9 Å². The number of alkyl halides is 1. The Kier molecular flexibility index (Phi) is 5.13. The highest BCUT2D eigenvalue weighted by molar-refractivity contribution is 9.09. The van der Waals surface area contributed by atoms with E-state index in [2.05, 4.69) is 28.9 Å². The van der Waals surface area contributed by atoms with Crippen molar-refractivity contribution in [3.8, 4) is 17.6 Å². The summed E-state index contributed by atoms with van der Waals surface area (Å²) in [5.74, 6) is 1.70. The van der Waals surface area contributed by atoms with Crippen molar-refractivity contribution >= 4 is 15.9 Å². The Morgan fingerprint density at radius 3 is 2.75 bits per heavy atom. The van der Waals surface area contributed by atoms with Crippen molar-refractivity contribution in [2.75, 3.05) is 19.0 Å². The van der Waals surface area contributed by atoms with Crippen molar-refractivity contribution in [2.45, 2.75) is 6.92 Å². The molecule has 0 aliphatic heterocycles. The van der Waals surface area contributed by atoms with Gasteiger partial charge in [0.15, 0.2) is 11.5 Å². The predicted molar refractivity (Wildman–Crippen MR) is 66.2 cm³/mol. The molecule has 0 aliphatic rings. The number of nitriles is 1. The van der Waals surface area contributed by atoms with Crippen molar-refractivity contribution in [1.82, 2.24) is 0 Å². The fourth-order valence-corrected chi connectivity index (χ4v) is 1.32. The number of rotatable bonds is 5. The standard InChI is InChI=1S/C12H14BrNO2/c1-9(6-13)8-16-11-4-3-10(7-14)5-12(11)15-2/h3-5,9H,6,8H2,1-2H3. The molecule has 0 bridgehead atoms. The van der Waals surface area contributed by atoms with E-state index in [1.807, 2.05) is 0 Å². The molecule has 1 aromatic carbocycles. The van der Waals surface area contributed by atoms with Crippen LogP contribution in [0.2, 0.25) is 0 Å². The van der Waals surface area contributed by atoms with Crippen LogP contribution in [-0.2, 0) is 0 Å². The first kappa shape index (κ1) is 12.9. The number of benzene rings is 1. The normalized spacial score (nSPS) is 11.6. The molecule has 0 spiro atoms. The van der Waals surface area contributed by atoms with E-state index in [4.69, 9.17) is 14.7 Å². The summed E-state index contributed by atoms with van der Waals surface area (Å²) in [6.45, 7) is 2.71. The molecule has 3 nitrogen and oxygen atoms in total. The number of halogens is 1. The van der Waals surface area contributed by atoms with E-state index in [1.165, 1.54) is 0 Å². The highest BCUT2D eigenvalue weighted by Crippen LogP contribution is 2.28. The molecule has 0 heterocycles. The van der Waals surface area contributed by atoms with E-state index in [0.717, 1.165) is 5.33 Å². The summed E-state index contributed by atoms with van der Waals surface area (Å²) in [5, 5.41) is 9.65. The lowest BCUT2D eigenvalue weighted by Gasteiger charge is -2.13. The van der Waals surface area contributed by atoms with Gasteiger partial charge in [-0.15, -0.1) is 0 Å². The van der Waals surface area contributed by atoms with Gasteiger partial charge in [0.1, 0.15) is 0 Å². The maximum Gasteiger partial charge on any atom is 0.162 e. The largest absolute Gasteiger partial charge is 0.493 e. The second kappa shape index (κ2) is 6.39. The van der Waals surface area contributed by atoms with E-state index < -0.39 is 0 Å². The number of hydrogen-bond donors (Lipinski definition) is 0. The Morgan fingerprint density at radius 2 is 2.19 bits per heavy atom. The van der Waals surface area contributed by atoms with E-state index >= 15 is 0 Å². The Morgan fingerprint density at radius 1 is 1.44 bits per heavy atom. The van der Waals surface area contributed by atoms with Crippen LogP contribution in [0.3, 0.4) is 0 Å². The fourth-order valence-electron chi connectivity index (χ4n) is 1.13. The monoisotopic (exact) mass is 283 g/mol. The van der Waals surface area contributed by atoms with Gasteiger partial charge in [-0.1, -0.05) is 22.9 Å². The number of hydrogen-bond acceptors (Lipinski definition) is 3. The lowest BCUT2D eigenvalue weighted by Crippen LogP contribution is -2.10. The van der Waals surface area contributed by atoms with Crippen LogP contribution in [0.25, 0.3) is 0 Å². The Hall–Kier alpha value is -1.21. The summed E-state index contributed by atoms with van der Waals surface area (Å²) >= 11 is 3.39. The second-order valence-electron chi connectivity index (χ2n) is 3.55. The van der Waals surface area contributed by atoms with Gasteiger partial charge in [-0.25, -0.2) is 0 Å². The number of ether oxygens (including phenoxy) is 2. The van der Waals surface area contributed by atoms with Crippen LogP contribution < -0.4 is 9.47 Å². The van der Waals surface area contributed by atoms with E-state index in [0.29, 0.717) is 29.6 Å². The zero-order valence-corrected chi connectivity index (χ0v) is 11.0. The molecule has 0 saturated carbocycles. The van der Waals surface area contributed by atoms with Crippen molar-refractivity contribution in [3.63, 3.8) is 0 Å². The molecular formula is C12H14BrNO2. The molecule has 0 radical (unpaired) electrons. The molecule has 0 amide bonds. The molecule has 86 valence electrons. The van der Waals surface area contributed by atoms with Gasteiger partial charge in [0, 0.05) is 11.4 Å². The molecule has 1 atom stereocenters. The molecule has 0 N–H and O–H groups in total. The van der Waals surface area contributed by atoms with E-state index in [-0.39, 0.29) is 0 Å². The van der Waals surface area contributed by atoms with E-state index in [9.17, 15) is 0 Å². The smallest absolute Gasteiger partial charge is 0.162 e. The molecular weight excluding hydrogens is 270 g/mol. The third-order valence-electron chi connectivity index (χ3n) is 2.08. The summed E-state index contributed by atoms with van der Waals surface area (Å²) in [6.07, 6.45) is 0. The number of nitrogens with zero attached hydrogens (tertiary/aromatic N) is 1. The summed E-state index contributed by atoms with van der Waals surface area (Å²) in [7, 11) is 1.57. The topological polar surface area (TPSA) is 42.2 Å². The highest BCUT2D eigenvalue weighted by atomic mass is 79.9. The first-order valence-corrected chi connectivity index (χ1v) is 6.10. The van der Waals surface area contributed by atoms with Crippen molar-refractivity contribution in [1.29, 1.82) is 5.26 Å². The molecule has 0 aliphatic carbocycles. The Bertz CT molecular complexity index is 387. The molecule has 1 aromatic rings. The average Bonchev–Trinajstić information content (AvgIpc) is 2.35. The summed E-state index contributed by atoms with van der Waals surface area (Å²) < 4.78 is 10.8. The van der Waals surface area contributed by atoms with Gasteiger partial charge in [0.25, 0.3) is 0 Å². The van der Waals surface area contributed by atoms with Crippen molar-refractivity contribution in [2.24, 2.45) is 5.92 Å². The zero-order valence-electron chi connectivity index (χ0n) is 9.37. The highest BCUT2D eigenvalue weighted by Gasteiger charge is 2.07. The Labute approximate surface area is 104 Å². The Balaban J connectivity index is 2.76. The first-order valence-electron chi connectivity index (χ1n) is 4.98. The van der Waals surface area contributed by atoms with Crippen molar-refractivity contribution in [3.05, 3.63) is 23.8 Å². The van der Waals surface area contributed by atoms with E-state index in [1.54, 1.807) is 25.3 Å². The van der Waals surface area contributed by atoms with Crippen LogP contribution in [0, 0.1) is 17.2 Å². The zero-order chi connectivity index (χ0) is 12.0. The molecule has 0 aromatic heterocycles. The molecule has 0 fully saturated rings. The lowest BCUT2D eigenvalue weighted by molar-refractivity contribution is 0.259. The maximum atomic E-state index is 8.75. The summed E-state index contributed by atoms with van der Waals surface area (Å²) in [5.41, 5.74) is 0.567. The van der Waals surface area contributed by atoms with Gasteiger partial charge in [-0.3, -0.25) is 0 Å². The van der Waals surface area contributed by atoms with Crippen LogP contribution in [0.4, 0.5) is 0 Å². The predicted octanol–water partition coefficient (Wildman–Crippen LogP) is 2.98. The second-order valence-corrected chi connectivity index (χ2v) is 4.20. The molecule has 16 heavy (non-hydrogen) atoms. The van der Waals surface area contributed by atoms with Crippen molar-refractivity contribution < 1.29 is 9.47 Å². The average molecular weight is 284 g/mol. The summed E-state index contributed by atoms with van der Waals surface area (Å²) in [6, 6.07) is 7.22. The summed E-state index contributed by atoms with van der Waals surface area (Å²) in [4.78, 5) is 0. The van der Waals surface area contributed by atoms with Crippen LogP contribution in [0.1, 0.15) is 12.5 Å².